The average molecular weight is 704 g/mol. The standard InChI is InChI=1S/C38H45N3O6S2/c1-7-47-31-18-16-30(17-19-31)41(49(44,45)34-22-20-33(48-6)21-23-34)27-36(42)40(26-29-14-11-15-32(24-29)46-5)35(37(43)39-38(2,3)4)25-28-12-9-8-10-13-28/h8-24,35H,7,25-27H2,1-6H3,(H,39,43)/t35-/m1/s1. The lowest BCUT2D eigenvalue weighted by Gasteiger charge is -2.35. The molecule has 0 aromatic heterocycles. The Balaban J connectivity index is 1.83. The first-order valence-electron chi connectivity index (χ1n) is 16.0. The summed E-state index contributed by atoms with van der Waals surface area (Å²) in [6.07, 6.45) is 2.12. The number of thioether (sulfide) groups is 1. The first-order chi connectivity index (χ1) is 23.3. The minimum absolute atomic E-state index is 0.0324. The Morgan fingerprint density at radius 2 is 1.51 bits per heavy atom. The Hall–Kier alpha value is -4.48. The summed E-state index contributed by atoms with van der Waals surface area (Å²) in [6, 6.07) is 28.9. The van der Waals surface area contributed by atoms with E-state index in [1.54, 1.807) is 55.6 Å². The summed E-state index contributed by atoms with van der Waals surface area (Å²) in [6.45, 7) is 7.41. The van der Waals surface area contributed by atoms with Crippen molar-refractivity contribution in [2.24, 2.45) is 0 Å². The molecule has 0 heterocycles. The van der Waals surface area contributed by atoms with E-state index in [0.29, 0.717) is 18.1 Å². The molecule has 11 heteroatoms. The fraction of sp³-hybridized carbons (Fsp3) is 0.316. The number of carbonyl (C=O) groups excluding carboxylic acids is 2. The maximum absolute atomic E-state index is 14.7. The smallest absolute Gasteiger partial charge is 0.264 e. The number of carbonyl (C=O) groups is 2. The molecule has 4 aromatic rings. The first-order valence-corrected chi connectivity index (χ1v) is 18.7. The van der Waals surface area contributed by atoms with Crippen molar-refractivity contribution in [2.75, 3.05) is 30.8 Å². The van der Waals surface area contributed by atoms with Gasteiger partial charge in [-0.15, -0.1) is 11.8 Å². The number of nitrogens with one attached hydrogen (secondary N) is 1. The maximum Gasteiger partial charge on any atom is 0.264 e. The largest absolute Gasteiger partial charge is 0.497 e. The summed E-state index contributed by atoms with van der Waals surface area (Å²) < 4.78 is 40.8. The minimum Gasteiger partial charge on any atom is -0.497 e. The summed E-state index contributed by atoms with van der Waals surface area (Å²) in [5.74, 6) is 0.262. The minimum atomic E-state index is -4.23. The van der Waals surface area contributed by atoms with Crippen LogP contribution in [-0.4, -0.2) is 63.2 Å². The van der Waals surface area contributed by atoms with Crippen molar-refractivity contribution >= 4 is 39.3 Å². The van der Waals surface area contributed by atoms with E-state index in [2.05, 4.69) is 5.32 Å². The molecule has 4 aromatic carbocycles. The van der Waals surface area contributed by atoms with Gasteiger partial charge in [-0.05, 0) is 106 Å². The van der Waals surface area contributed by atoms with Crippen LogP contribution in [0, 0.1) is 0 Å². The molecule has 0 bridgehead atoms. The number of hydrogen-bond acceptors (Lipinski definition) is 7. The Bertz CT molecular complexity index is 1790. The zero-order valence-electron chi connectivity index (χ0n) is 28.9. The molecule has 0 aliphatic rings. The summed E-state index contributed by atoms with van der Waals surface area (Å²) >= 11 is 1.50. The molecule has 0 aliphatic heterocycles. The van der Waals surface area contributed by atoms with Gasteiger partial charge >= 0.3 is 0 Å². The zero-order valence-corrected chi connectivity index (χ0v) is 30.5. The second kappa shape index (κ2) is 16.8. The molecule has 1 N–H and O–H groups in total. The van der Waals surface area contributed by atoms with Crippen LogP contribution in [0.3, 0.4) is 0 Å². The first kappa shape index (κ1) is 37.3. The second-order valence-electron chi connectivity index (χ2n) is 12.4. The van der Waals surface area contributed by atoms with Crippen molar-refractivity contribution in [3.05, 3.63) is 114 Å². The van der Waals surface area contributed by atoms with E-state index < -0.39 is 34.1 Å². The number of hydrogen-bond donors (Lipinski definition) is 1. The zero-order chi connectivity index (χ0) is 35.6. The number of methoxy groups -OCH3 is 1. The van der Waals surface area contributed by atoms with Gasteiger partial charge < -0.3 is 19.7 Å². The summed E-state index contributed by atoms with van der Waals surface area (Å²) in [4.78, 5) is 31.2. The van der Waals surface area contributed by atoms with Crippen LogP contribution in [0.5, 0.6) is 11.5 Å². The third-order valence-corrected chi connectivity index (χ3v) is 10.2. The summed E-state index contributed by atoms with van der Waals surface area (Å²) in [5.41, 5.74) is 1.27. The van der Waals surface area contributed by atoms with Gasteiger partial charge in [0.25, 0.3) is 10.0 Å². The fourth-order valence-corrected chi connectivity index (χ4v) is 7.08. The Morgan fingerprint density at radius 1 is 0.857 bits per heavy atom. The van der Waals surface area contributed by atoms with Crippen LogP contribution in [0.1, 0.15) is 38.8 Å². The highest BCUT2D eigenvalue weighted by molar-refractivity contribution is 7.98. The molecule has 4 rings (SSSR count). The second-order valence-corrected chi connectivity index (χ2v) is 15.2. The van der Waals surface area contributed by atoms with Crippen molar-refractivity contribution in [3.63, 3.8) is 0 Å². The monoisotopic (exact) mass is 703 g/mol. The van der Waals surface area contributed by atoms with E-state index >= 15 is 0 Å². The van der Waals surface area contributed by atoms with Crippen molar-refractivity contribution in [3.8, 4) is 11.5 Å². The topological polar surface area (TPSA) is 105 Å². The molecule has 9 nitrogen and oxygen atoms in total. The van der Waals surface area contributed by atoms with Gasteiger partial charge in [-0.3, -0.25) is 13.9 Å². The van der Waals surface area contributed by atoms with Crippen LogP contribution in [0.25, 0.3) is 0 Å². The van der Waals surface area contributed by atoms with Crippen molar-refractivity contribution in [1.29, 1.82) is 0 Å². The van der Waals surface area contributed by atoms with Crippen molar-refractivity contribution < 1.29 is 27.5 Å². The average Bonchev–Trinajstić information content (AvgIpc) is 3.09. The van der Waals surface area contributed by atoms with Gasteiger partial charge in [-0.1, -0.05) is 42.5 Å². The Kier molecular flexibility index (Phi) is 12.8. The van der Waals surface area contributed by atoms with Gasteiger partial charge in [0.15, 0.2) is 0 Å². The predicted octanol–water partition coefficient (Wildman–Crippen LogP) is 6.57. The van der Waals surface area contributed by atoms with E-state index in [1.165, 1.54) is 28.8 Å². The van der Waals surface area contributed by atoms with E-state index in [1.807, 2.05) is 76.4 Å². The predicted molar refractivity (Wildman–Crippen MR) is 196 cm³/mol. The normalized spacial score (nSPS) is 12.1. The van der Waals surface area contributed by atoms with Crippen LogP contribution in [-0.2, 0) is 32.6 Å². The van der Waals surface area contributed by atoms with Crippen molar-refractivity contribution in [2.45, 2.75) is 62.0 Å². The van der Waals surface area contributed by atoms with Crippen LogP contribution >= 0.6 is 11.8 Å². The SMILES string of the molecule is CCOc1ccc(N(CC(=O)N(Cc2cccc(OC)c2)[C@H](Cc2ccccc2)C(=O)NC(C)(C)C)S(=O)(=O)c2ccc(SC)cc2)cc1. The van der Waals surface area contributed by atoms with Crippen LogP contribution in [0.4, 0.5) is 5.69 Å². The Morgan fingerprint density at radius 3 is 2.10 bits per heavy atom. The Labute approximate surface area is 294 Å². The summed E-state index contributed by atoms with van der Waals surface area (Å²) in [5, 5.41) is 3.05. The quantitative estimate of drug-likeness (QED) is 0.140. The molecule has 49 heavy (non-hydrogen) atoms. The van der Waals surface area contributed by atoms with Gasteiger partial charge in [0.2, 0.25) is 11.8 Å². The number of amides is 2. The lowest BCUT2D eigenvalue weighted by molar-refractivity contribution is -0.140. The number of sulfonamides is 1. The lowest BCUT2D eigenvalue weighted by Crippen LogP contribution is -2.56. The van der Waals surface area contributed by atoms with Crippen LogP contribution in [0.15, 0.2) is 113 Å². The number of nitrogens with zero attached hydrogens (tertiary/aromatic N) is 2. The van der Waals surface area contributed by atoms with Crippen LogP contribution in [0.2, 0.25) is 0 Å². The third kappa shape index (κ3) is 10.3. The number of ether oxygens (including phenoxy) is 2. The van der Waals surface area contributed by atoms with E-state index in [9.17, 15) is 18.0 Å². The summed E-state index contributed by atoms with van der Waals surface area (Å²) in [7, 11) is -2.68. The maximum atomic E-state index is 14.7. The molecule has 0 saturated heterocycles. The fourth-order valence-electron chi connectivity index (χ4n) is 5.25. The van der Waals surface area contributed by atoms with E-state index in [-0.39, 0.29) is 29.5 Å². The molecule has 0 spiro atoms. The molecular weight excluding hydrogens is 659 g/mol. The molecule has 0 aliphatic carbocycles. The molecule has 260 valence electrons. The van der Waals surface area contributed by atoms with Crippen molar-refractivity contribution in [1.82, 2.24) is 10.2 Å². The van der Waals surface area contributed by atoms with Gasteiger partial charge in [0.1, 0.15) is 24.1 Å². The van der Waals surface area contributed by atoms with Gasteiger partial charge in [-0.25, -0.2) is 8.42 Å². The molecule has 0 fully saturated rings. The van der Waals surface area contributed by atoms with Gasteiger partial charge in [0.05, 0.1) is 24.3 Å². The van der Waals surface area contributed by atoms with Gasteiger partial charge in [0, 0.05) is 23.4 Å². The molecule has 2 amide bonds. The molecule has 0 saturated carbocycles. The highest BCUT2D eigenvalue weighted by Crippen LogP contribution is 2.28. The van der Waals surface area contributed by atoms with E-state index in [4.69, 9.17) is 9.47 Å². The van der Waals surface area contributed by atoms with Crippen LogP contribution < -0.4 is 19.1 Å². The van der Waals surface area contributed by atoms with E-state index in [0.717, 1.165) is 20.3 Å². The molecule has 1 atom stereocenters. The molecule has 0 unspecified atom stereocenters. The highest BCUT2D eigenvalue weighted by atomic mass is 32.2. The molecule has 0 radical (unpaired) electrons. The number of rotatable bonds is 15. The highest BCUT2D eigenvalue weighted by Gasteiger charge is 2.35. The molecular formula is C38H45N3O6S2. The third-order valence-electron chi connectivity index (χ3n) is 7.62. The number of benzene rings is 4. The number of anilines is 1. The van der Waals surface area contributed by atoms with Gasteiger partial charge in [-0.2, -0.15) is 0 Å². The lowest BCUT2D eigenvalue weighted by atomic mass is 10.0.